The summed E-state index contributed by atoms with van der Waals surface area (Å²) in [5, 5.41) is 0. The van der Waals surface area contributed by atoms with Crippen LogP contribution in [0.5, 0.6) is 0 Å². The van der Waals surface area contributed by atoms with Crippen LogP contribution in [0.25, 0.3) is 0 Å². The normalized spacial score (nSPS) is 10.2. The van der Waals surface area contributed by atoms with E-state index in [0.29, 0.717) is 0 Å². The van der Waals surface area contributed by atoms with Gasteiger partial charge in [0.25, 0.3) is 0 Å². The van der Waals surface area contributed by atoms with Crippen LogP contribution in [0.3, 0.4) is 0 Å². The number of benzene rings is 1. The first-order chi connectivity index (χ1) is 6.33. The second-order valence-electron chi connectivity index (χ2n) is 2.50. The van der Waals surface area contributed by atoms with Crippen molar-refractivity contribution in [2.24, 2.45) is 0 Å². The van der Waals surface area contributed by atoms with Gasteiger partial charge in [0.05, 0.1) is 0 Å². The molecule has 0 unspecified atom stereocenters. The zero-order valence-corrected chi connectivity index (χ0v) is 7.49. The van der Waals surface area contributed by atoms with Gasteiger partial charge < -0.3 is 4.74 Å². The molecule has 1 radical (unpaired) electrons. The van der Waals surface area contributed by atoms with Gasteiger partial charge in [0.15, 0.2) is 0 Å². The summed E-state index contributed by atoms with van der Waals surface area (Å²) in [5.74, 6) is -0.320. The van der Waals surface area contributed by atoms with Gasteiger partial charge in [-0.1, -0.05) is 30.3 Å². The van der Waals surface area contributed by atoms with E-state index in [2.05, 4.69) is 6.07 Å². The molecule has 1 aromatic carbocycles. The average Bonchev–Trinajstić information content (AvgIpc) is 2.17. The molecule has 13 heavy (non-hydrogen) atoms. The third kappa shape index (κ3) is 3.56. The standard InChI is InChI=1S/C11H11O2/c1-2-6-11(12)13-9-10-7-4-3-5-8-10/h2-7H,9H2,1H3. The third-order valence-corrected chi connectivity index (χ3v) is 1.45. The zero-order chi connectivity index (χ0) is 9.52. The number of rotatable bonds is 3. The second-order valence-corrected chi connectivity index (χ2v) is 2.50. The molecule has 0 saturated heterocycles. The molecule has 0 amide bonds. The molecule has 0 aromatic heterocycles. The molecule has 67 valence electrons. The van der Waals surface area contributed by atoms with Crippen molar-refractivity contribution in [1.29, 1.82) is 0 Å². The van der Waals surface area contributed by atoms with Crippen LogP contribution < -0.4 is 0 Å². The van der Waals surface area contributed by atoms with Crippen LogP contribution in [-0.4, -0.2) is 5.97 Å². The van der Waals surface area contributed by atoms with Gasteiger partial charge in [-0.2, -0.15) is 0 Å². The highest BCUT2D eigenvalue weighted by molar-refractivity contribution is 5.81. The predicted octanol–water partition coefficient (Wildman–Crippen LogP) is 2.11. The van der Waals surface area contributed by atoms with E-state index in [9.17, 15) is 4.79 Å². The highest BCUT2D eigenvalue weighted by atomic mass is 16.5. The molecule has 0 atom stereocenters. The summed E-state index contributed by atoms with van der Waals surface area (Å²) >= 11 is 0. The first-order valence-corrected chi connectivity index (χ1v) is 4.08. The van der Waals surface area contributed by atoms with Crippen LogP contribution in [0.15, 0.2) is 36.4 Å². The molecule has 0 heterocycles. The highest BCUT2D eigenvalue weighted by Gasteiger charge is 1.96. The fraction of sp³-hybridized carbons (Fsp3) is 0.182. The quantitative estimate of drug-likeness (QED) is 0.519. The van der Waals surface area contributed by atoms with E-state index in [0.717, 1.165) is 5.56 Å². The Morgan fingerprint density at radius 3 is 3.08 bits per heavy atom. The number of hydrogen-bond donors (Lipinski definition) is 0. The summed E-state index contributed by atoms with van der Waals surface area (Å²) < 4.78 is 4.91. The molecule has 0 aliphatic carbocycles. The SMILES string of the molecule is CC=CC(=O)OCc1[c]cccc1. The molecule has 0 saturated carbocycles. The number of allylic oxidation sites excluding steroid dienone is 1. The summed E-state index contributed by atoms with van der Waals surface area (Å²) in [7, 11) is 0. The Kier molecular flexibility index (Phi) is 3.76. The van der Waals surface area contributed by atoms with Crippen molar-refractivity contribution in [1.82, 2.24) is 0 Å². The number of carbonyl (C=O) groups excluding carboxylic acids is 1. The van der Waals surface area contributed by atoms with E-state index >= 15 is 0 Å². The molecule has 0 aliphatic heterocycles. The molecule has 0 bridgehead atoms. The first-order valence-electron chi connectivity index (χ1n) is 4.08. The van der Waals surface area contributed by atoms with Gasteiger partial charge >= 0.3 is 5.97 Å². The topological polar surface area (TPSA) is 26.3 Å². The Balaban J connectivity index is 2.40. The lowest BCUT2D eigenvalue weighted by Gasteiger charge is -2.00. The van der Waals surface area contributed by atoms with Crippen molar-refractivity contribution in [2.45, 2.75) is 13.5 Å². The monoisotopic (exact) mass is 175 g/mol. The van der Waals surface area contributed by atoms with Gasteiger partial charge in [-0.15, -0.1) is 0 Å². The Labute approximate surface area is 77.8 Å². The van der Waals surface area contributed by atoms with Crippen LogP contribution in [0.4, 0.5) is 0 Å². The molecule has 1 rings (SSSR count). The molecule has 0 N–H and O–H groups in total. The van der Waals surface area contributed by atoms with Crippen molar-refractivity contribution in [2.75, 3.05) is 0 Å². The molecular weight excluding hydrogens is 164 g/mol. The van der Waals surface area contributed by atoms with Crippen LogP contribution in [-0.2, 0) is 16.1 Å². The van der Waals surface area contributed by atoms with Crippen molar-refractivity contribution >= 4 is 5.97 Å². The van der Waals surface area contributed by atoms with Gasteiger partial charge in [0.2, 0.25) is 0 Å². The lowest BCUT2D eigenvalue weighted by molar-refractivity contribution is -0.139. The molecule has 0 aliphatic rings. The second kappa shape index (κ2) is 5.14. The Morgan fingerprint density at radius 1 is 1.62 bits per heavy atom. The van der Waals surface area contributed by atoms with Gasteiger partial charge in [0.1, 0.15) is 6.61 Å². The van der Waals surface area contributed by atoms with Gasteiger partial charge in [-0.3, -0.25) is 0 Å². The van der Waals surface area contributed by atoms with Gasteiger partial charge in [-0.25, -0.2) is 4.79 Å². The van der Waals surface area contributed by atoms with E-state index < -0.39 is 0 Å². The van der Waals surface area contributed by atoms with Crippen molar-refractivity contribution in [3.05, 3.63) is 48.0 Å². The van der Waals surface area contributed by atoms with Crippen molar-refractivity contribution in [3.8, 4) is 0 Å². The Bertz CT molecular complexity index is 288. The van der Waals surface area contributed by atoms with E-state index in [1.54, 1.807) is 19.1 Å². The van der Waals surface area contributed by atoms with Crippen LogP contribution in [0, 0.1) is 6.07 Å². The maximum Gasteiger partial charge on any atom is 0.330 e. The molecule has 0 fully saturated rings. The van der Waals surface area contributed by atoms with E-state index in [1.165, 1.54) is 6.08 Å². The van der Waals surface area contributed by atoms with Crippen LogP contribution in [0.2, 0.25) is 0 Å². The van der Waals surface area contributed by atoms with Gasteiger partial charge in [-0.05, 0) is 18.6 Å². The van der Waals surface area contributed by atoms with Crippen molar-refractivity contribution < 1.29 is 9.53 Å². The number of carbonyl (C=O) groups is 1. The first kappa shape index (κ1) is 9.52. The maximum atomic E-state index is 10.9. The third-order valence-electron chi connectivity index (χ3n) is 1.45. The highest BCUT2D eigenvalue weighted by Crippen LogP contribution is 1.99. The van der Waals surface area contributed by atoms with Crippen molar-refractivity contribution in [3.63, 3.8) is 0 Å². The number of esters is 1. The smallest absolute Gasteiger partial charge is 0.330 e. The lowest BCUT2D eigenvalue weighted by atomic mass is 10.2. The van der Waals surface area contributed by atoms with Crippen LogP contribution >= 0.6 is 0 Å². The van der Waals surface area contributed by atoms with Crippen LogP contribution in [0.1, 0.15) is 12.5 Å². The van der Waals surface area contributed by atoms with E-state index in [1.807, 2.05) is 18.2 Å². The Hall–Kier alpha value is -1.57. The number of ether oxygens (including phenoxy) is 1. The summed E-state index contributed by atoms with van der Waals surface area (Å²) in [4.78, 5) is 10.9. The fourth-order valence-electron chi connectivity index (χ4n) is 0.853. The lowest BCUT2D eigenvalue weighted by Crippen LogP contribution is -2.00. The Morgan fingerprint density at radius 2 is 2.46 bits per heavy atom. The van der Waals surface area contributed by atoms with Gasteiger partial charge in [0, 0.05) is 6.08 Å². The van der Waals surface area contributed by atoms with E-state index in [4.69, 9.17) is 4.74 Å². The molecular formula is C11H11O2. The van der Waals surface area contributed by atoms with E-state index in [-0.39, 0.29) is 12.6 Å². The molecule has 2 heteroatoms. The molecule has 0 spiro atoms. The zero-order valence-electron chi connectivity index (χ0n) is 7.49. The minimum Gasteiger partial charge on any atom is -0.458 e. The summed E-state index contributed by atoms with van der Waals surface area (Å²) in [6, 6.07) is 10.4. The predicted molar refractivity (Wildman–Crippen MR) is 49.9 cm³/mol. The molecule has 1 aromatic rings. The summed E-state index contributed by atoms with van der Waals surface area (Å²) in [5.41, 5.74) is 0.875. The number of hydrogen-bond acceptors (Lipinski definition) is 2. The summed E-state index contributed by atoms with van der Waals surface area (Å²) in [6.07, 6.45) is 3.04. The maximum absolute atomic E-state index is 10.9. The minimum atomic E-state index is -0.320. The fourth-order valence-corrected chi connectivity index (χ4v) is 0.853. The average molecular weight is 175 g/mol. The minimum absolute atomic E-state index is 0.282. The largest absolute Gasteiger partial charge is 0.458 e. The summed E-state index contributed by atoms with van der Waals surface area (Å²) in [6.45, 7) is 2.06. The molecule has 2 nitrogen and oxygen atoms in total.